The molecular formula is C19H24N2O3. The molecule has 1 atom stereocenters. The monoisotopic (exact) mass is 328 g/mol. The molecule has 5 nitrogen and oxygen atoms in total. The van der Waals surface area contributed by atoms with Gasteiger partial charge in [0, 0.05) is 12.0 Å². The molecule has 1 aromatic heterocycles. The number of hydrogen-bond donors (Lipinski definition) is 0. The third-order valence-electron chi connectivity index (χ3n) is 3.82. The van der Waals surface area contributed by atoms with Gasteiger partial charge in [0.2, 0.25) is 0 Å². The third-order valence-corrected chi connectivity index (χ3v) is 3.82. The minimum Gasteiger partial charge on any atom is -0.490 e. The average molecular weight is 328 g/mol. The topological polar surface area (TPSA) is 61.3 Å². The van der Waals surface area contributed by atoms with Gasteiger partial charge in [-0.1, -0.05) is 50.6 Å². The van der Waals surface area contributed by atoms with Crippen molar-refractivity contribution in [2.75, 3.05) is 6.61 Å². The van der Waals surface area contributed by atoms with Crippen molar-refractivity contribution in [3.05, 3.63) is 36.5 Å². The van der Waals surface area contributed by atoms with Crippen molar-refractivity contribution in [3.63, 3.8) is 0 Å². The van der Waals surface area contributed by atoms with Gasteiger partial charge >= 0.3 is 12.0 Å². The first kappa shape index (κ1) is 17.9. The number of ether oxygens (including phenoxy) is 2. The molecule has 5 heteroatoms. The first-order valence-electron chi connectivity index (χ1n) is 8.40. The second kappa shape index (κ2) is 9.01. The first-order chi connectivity index (χ1) is 11.6. The molecule has 1 aromatic carbocycles. The van der Waals surface area contributed by atoms with Crippen molar-refractivity contribution < 1.29 is 14.3 Å². The molecule has 2 rings (SSSR count). The lowest BCUT2D eigenvalue weighted by Crippen LogP contribution is -2.12. The van der Waals surface area contributed by atoms with Crippen molar-refractivity contribution in [1.29, 1.82) is 0 Å². The molecule has 0 N–H and O–H groups in total. The second-order valence-electron chi connectivity index (χ2n) is 5.69. The van der Waals surface area contributed by atoms with E-state index in [-0.39, 0.29) is 12.0 Å². The molecule has 1 heterocycles. The number of nitrogens with zero attached hydrogens (tertiary/aromatic N) is 2. The van der Waals surface area contributed by atoms with E-state index in [1.807, 2.05) is 37.3 Å². The van der Waals surface area contributed by atoms with Gasteiger partial charge in [0.15, 0.2) is 5.75 Å². The molecule has 2 aromatic rings. The molecule has 0 radical (unpaired) electrons. The zero-order chi connectivity index (χ0) is 17.4. The number of carbonyl (C=O) groups is 1. The molecule has 0 saturated heterocycles. The van der Waals surface area contributed by atoms with Crippen molar-refractivity contribution in [2.24, 2.45) is 5.92 Å². The first-order valence-corrected chi connectivity index (χ1v) is 8.40. The average Bonchev–Trinajstić information content (AvgIpc) is 2.62. The van der Waals surface area contributed by atoms with Crippen molar-refractivity contribution >= 4 is 5.97 Å². The molecule has 24 heavy (non-hydrogen) atoms. The van der Waals surface area contributed by atoms with Crippen LogP contribution in [0.2, 0.25) is 0 Å². The lowest BCUT2D eigenvalue weighted by molar-refractivity contribution is -0.135. The predicted octanol–water partition coefficient (Wildman–Crippen LogP) is 4.27. The van der Waals surface area contributed by atoms with Gasteiger partial charge in [-0.25, -0.2) is 0 Å². The molecule has 0 spiro atoms. The maximum atomic E-state index is 12.0. The van der Waals surface area contributed by atoms with Crippen LogP contribution in [-0.4, -0.2) is 22.5 Å². The van der Waals surface area contributed by atoms with E-state index in [1.54, 1.807) is 6.20 Å². The second-order valence-corrected chi connectivity index (χ2v) is 5.69. The number of carbonyl (C=O) groups excluding carboxylic acids is 1. The van der Waals surface area contributed by atoms with E-state index in [4.69, 9.17) is 9.47 Å². The number of hydrogen-bond acceptors (Lipinski definition) is 5. The van der Waals surface area contributed by atoms with Crippen molar-refractivity contribution in [1.82, 2.24) is 9.97 Å². The third kappa shape index (κ3) is 5.05. The summed E-state index contributed by atoms with van der Waals surface area (Å²) in [5.74, 6) is 0.764. The van der Waals surface area contributed by atoms with Crippen LogP contribution in [0.25, 0.3) is 11.3 Å². The zero-order valence-electron chi connectivity index (χ0n) is 14.5. The number of benzene rings is 1. The normalized spacial score (nSPS) is 11.8. The lowest BCUT2D eigenvalue weighted by atomic mass is 10.0. The predicted molar refractivity (Wildman–Crippen MR) is 93.0 cm³/mol. The molecule has 1 unspecified atom stereocenters. The fraction of sp³-hybridized carbons (Fsp3) is 0.421. The van der Waals surface area contributed by atoms with E-state index < -0.39 is 0 Å². The van der Waals surface area contributed by atoms with Crippen molar-refractivity contribution in [2.45, 2.75) is 40.0 Å². The number of aromatic nitrogens is 2. The summed E-state index contributed by atoms with van der Waals surface area (Å²) in [4.78, 5) is 20.4. The molecule has 0 aliphatic heterocycles. The maximum absolute atomic E-state index is 12.0. The van der Waals surface area contributed by atoms with Gasteiger partial charge in [0.25, 0.3) is 0 Å². The Balaban J connectivity index is 2.16. The van der Waals surface area contributed by atoms with E-state index in [0.717, 1.165) is 18.4 Å². The Bertz CT molecular complexity index is 659. The van der Waals surface area contributed by atoms with E-state index >= 15 is 0 Å². The SMILES string of the molecule is CCOc1cnc(OC(=O)CCC(C)CC)nc1-c1ccccc1. The van der Waals surface area contributed by atoms with Crippen LogP contribution in [0.5, 0.6) is 11.8 Å². The van der Waals surface area contributed by atoms with Gasteiger partial charge in [-0.15, -0.1) is 0 Å². The van der Waals surface area contributed by atoms with Gasteiger partial charge < -0.3 is 9.47 Å². The van der Waals surface area contributed by atoms with Crippen LogP contribution in [0, 0.1) is 5.92 Å². The minimum atomic E-state index is -0.307. The Morgan fingerprint density at radius 2 is 1.96 bits per heavy atom. The highest BCUT2D eigenvalue weighted by Crippen LogP contribution is 2.28. The Morgan fingerprint density at radius 3 is 2.62 bits per heavy atom. The van der Waals surface area contributed by atoms with E-state index in [2.05, 4.69) is 23.8 Å². The molecule has 0 amide bonds. The summed E-state index contributed by atoms with van der Waals surface area (Å²) in [6.07, 6.45) is 3.77. The van der Waals surface area contributed by atoms with Crippen LogP contribution >= 0.6 is 0 Å². The Kier molecular flexibility index (Phi) is 6.73. The van der Waals surface area contributed by atoms with Crippen LogP contribution in [-0.2, 0) is 4.79 Å². The molecule has 0 saturated carbocycles. The molecule has 0 bridgehead atoms. The summed E-state index contributed by atoms with van der Waals surface area (Å²) < 4.78 is 10.9. The molecule has 0 aliphatic carbocycles. The fourth-order valence-corrected chi connectivity index (χ4v) is 2.19. The Labute approximate surface area is 143 Å². The molecular weight excluding hydrogens is 304 g/mol. The van der Waals surface area contributed by atoms with Crippen molar-refractivity contribution in [3.8, 4) is 23.0 Å². The van der Waals surface area contributed by atoms with E-state index in [9.17, 15) is 4.79 Å². The van der Waals surface area contributed by atoms with Crippen LogP contribution in [0.3, 0.4) is 0 Å². The molecule has 0 fully saturated rings. The highest BCUT2D eigenvalue weighted by Gasteiger charge is 2.14. The summed E-state index contributed by atoms with van der Waals surface area (Å²) in [6, 6.07) is 9.70. The van der Waals surface area contributed by atoms with Gasteiger partial charge in [-0.2, -0.15) is 9.97 Å². The highest BCUT2D eigenvalue weighted by molar-refractivity contribution is 5.72. The molecule has 128 valence electrons. The summed E-state index contributed by atoms with van der Waals surface area (Å²) in [5.41, 5.74) is 1.51. The Morgan fingerprint density at radius 1 is 1.21 bits per heavy atom. The quantitative estimate of drug-likeness (QED) is 0.677. The van der Waals surface area contributed by atoms with Gasteiger partial charge in [-0.3, -0.25) is 4.79 Å². The standard InChI is InChI=1S/C19H24N2O3/c1-4-14(3)11-12-17(22)24-19-20-13-16(23-5-2)18(21-19)15-9-7-6-8-10-15/h6-10,13-14H,4-5,11-12H2,1-3H3. The number of rotatable bonds is 8. The lowest BCUT2D eigenvalue weighted by Gasteiger charge is -2.11. The summed E-state index contributed by atoms with van der Waals surface area (Å²) in [6.45, 7) is 6.64. The summed E-state index contributed by atoms with van der Waals surface area (Å²) in [7, 11) is 0. The summed E-state index contributed by atoms with van der Waals surface area (Å²) in [5, 5.41) is 0. The highest BCUT2D eigenvalue weighted by atomic mass is 16.5. The summed E-state index contributed by atoms with van der Waals surface area (Å²) >= 11 is 0. The van der Waals surface area contributed by atoms with Gasteiger partial charge in [0.05, 0.1) is 12.8 Å². The zero-order valence-corrected chi connectivity index (χ0v) is 14.5. The van der Waals surface area contributed by atoms with E-state index in [0.29, 0.717) is 30.4 Å². The maximum Gasteiger partial charge on any atom is 0.325 e. The van der Waals surface area contributed by atoms with E-state index in [1.165, 1.54) is 0 Å². The Hall–Kier alpha value is -2.43. The van der Waals surface area contributed by atoms with Gasteiger partial charge in [-0.05, 0) is 19.3 Å². The smallest absolute Gasteiger partial charge is 0.325 e. The van der Waals surface area contributed by atoms with Crippen LogP contribution in [0.15, 0.2) is 36.5 Å². The van der Waals surface area contributed by atoms with Gasteiger partial charge in [0.1, 0.15) is 5.69 Å². The number of esters is 1. The fourth-order valence-electron chi connectivity index (χ4n) is 2.19. The van der Waals surface area contributed by atoms with Crippen LogP contribution < -0.4 is 9.47 Å². The largest absolute Gasteiger partial charge is 0.490 e. The molecule has 0 aliphatic rings. The van der Waals surface area contributed by atoms with Crippen LogP contribution in [0.1, 0.15) is 40.0 Å². The minimum absolute atomic E-state index is 0.0615. The van der Waals surface area contributed by atoms with Crippen LogP contribution in [0.4, 0.5) is 0 Å².